The Morgan fingerprint density at radius 2 is 0.769 bits per heavy atom. The lowest BCUT2D eigenvalue weighted by Gasteiger charge is -2.26. The van der Waals surface area contributed by atoms with E-state index in [0.717, 1.165) is 17.1 Å². The molecular formula is C48H29NS3. The average Bonchev–Trinajstić information content (AvgIpc) is 3.95. The number of hydrogen-bond donors (Lipinski definition) is 0. The van der Waals surface area contributed by atoms with Gasteiger partial charge in [-0.1, -0.05) is 115 Å². The summed E-state index contributed by atoms with van der Waals surface area (Å²) in [7, 11) is 0. The second-order valence-electron chi connectivity index (χ2n) is 13.3. The maximum atomic E-state index is 2.41. The molecule has 0 aliphatic heterocycles. The third-order valence-electron chi connectivity index (χ3n) is 10.3. The summed E-state index contributed by atoms with van der Waals surface area (Å²) in [5.74, 6) is 0. The number of anilines is 3. The van der Waals surface area contributed by atoms with Crippen molar-refractivity contribution in [3.63, 3.8) is 0 Å². The van der Waals surface area contributed by atoms with Gasteiger partial charge in [-0.05, 0) is 93.3 Å². The van der Waals surface area contributed by atoms with Crippen molar-refractivity contribution in [1.82, 2.24) is 0 Å². The van der Waals surface area contributed by atoms with E-state index in [1.54, 1.807) is 0 Å². The van der Waals surface area contributed by atoms with Crippen molar-refractivity contribution >= 4 is 113 Å². The topological polar surface area (TPSA) is 3.24 Å². The molecular weight excluding hydrogens is 687 g/mol. The Morgan fingerprint density at radius 1 is 0.308 bits per heavy atom. The molecule has 8 aromatic carbocycles. The van der Waals surface area contributed by atoms with Gasteiger partial charge in [-0.25, -0.2) is 0 Å². The molecule has 0 N–H and O–H groups in total. The summed E-state index contributed by atoms with van der Waals surface area (Å²) in [6, 6.07) is 64.9. The van der Waals surface area contributed by atoms with Crippen LogP contribution in [0.3, 0.4) is 0 Å². The van der Waals surface area contributed by atoms with Crippen molar-refractivity contribution in [3.8, 4) is 20.9 Å². The van der Waals surface area contributed by atoms with Crippen molar-refractivity contribution in [2.75, 3.05) is 4.90 Å². The monoisotopic (exact) mass is 715 g/mol. The van der Waals surface area contributed by atoms with Gasteiger partial charge in [-0.3, -0.25) is 0 Å². The molecule has 0 spiro atoms. The highest BCUT2D eigenvalue weighted by Crippen LogP contribution is 2.44. The van der Waals surface area contributed by atoms with Gasteiger partial charge in [0.25, 0.3) is 0 Å². The van der Waals surface area contributed by atoms with Crippen LogP contribution in [-0.4, -0.2) is 0 Å². The van der Waals surface area contributed by atoms with Gasteiger partial charge in [-0.2, -0.15) is 0 Å². The van der Waals surface area contributed by atoms with Gasteiger partial charge >= 0.3 is 0 Å². The summed E-state index contributed by atoms with van der Waals surface area (Å²) >= 11 is 5.62. The molecule has 3 aromatic heterocycles. The first-order chi connectivity index (χ1) is 25.7. The lowest BCUT2D eigenvalue weighted by atomic mass is 10.0. The van der Waals surface area contributed by atoms with E-state index in [9.17, 15) is 0 Å². The summed E-state index contributed by atoms with van der Waals surface area (Å²) in [5.41, 5.74) is 5.91. The average molecular weight is 716 g/mol. The second-order valence-corrected chi connectivity index (χ2v) is 16.5. The number of rotatable bonds is 5. The molecule has 0 atom stereocenters. The molecule has 0 unspecified atom stereocenters. The first-order valence-corrected chi connectivity index (χ1v) is 19.9. The summed E-state index contributed by atoms with van der Waals surface area (Å²) in [4.78, 5) is 4.97. The number of benzene rings is 8. The van der Waals surface area contributed by atoms with Gasteiger partial charge in [-0.15, -0.1) is 34.0 Å². The molecule has 0 saturated carbocycles. The van der Waals surface area contributed by atoms with Gasteiger partial charge in [0, 0.05) is 67.2 Å². The third kappa shape index (κ3) is 4.80. The zero-order valence-corrected chi connectivity index (χ0v) is 30.4. The molecule has 0 amide bonds. The van der Waals surface area contributed by atoms with Crippen LogP contribution in [0.4, 0.5) is 17.1 Å². The maximum Gasteiger partial charge on any atom is 0.0468 e. The minimum Gasteiger partial charge on any atom is -0.310 e. The van der Waals surface area contributed by atoms with E-state index in [4.69, 9.17) is 0 Å². The standard InChI is InChI=1S/C48H29NS3/c1-2-8-30(9-3-1)43-26-27-44(50-43)31-14-18-34(19-15-31)49(35-20-24-37-32(28-35)16-22-41-39-10-4-6-12-45(39)51-47(37)41)36-21-25-38-33(29-36)17-23-42-40-11-5-7-13-46(40)52-48(38)42/h1-29H. The first kappa shape index (κ1) is 29.9. The molecule has 0 aliphatic carbocycles. The van der Waals surface area contributed by atoms with E-state index in [1.807, 2.05) is 34.0 Å². The minimum atomic E-state index is 1.13. The Kier molecular flexibility index (Phi) is 6.84. The molecule has 0 radical (unpaired) electrons. The SMILES string of the molecule is c1ccc(-c2ccc(-c3ccc(N(c4ccc5c(ccc6c7ccccc7sc56)c4)c4ccc5c(ccc6c7ccccc7sc56)c4)cc3)s2)cc1. The van der Waals surface area contributed by atoms with Gasteiger partial charge < -0.3 is 4.90 Å². The predicted octanol–water partition coefficient (Wildman–Crippen LogP) is 15.6. The van der Waals surface area contributed by atoms with E-state index in [-0.39, 0.29) is 0 Å². The molecule has 3 heterocycles. The lowest BCUT2D eigenvalue weighted by Crippen LogP contribution is -2.09. The van der Waals surface area contributed by atoms with Crippen LogP contribution in [0.2, 0.25) is 0 Å². The Labute approximate surface area is 312 Å². The van der Waals surface area contributed by atoms with Crippen LogP contribution in [0, 0.1) is 0 Å². The highest BCUT2D eigenvalue weighted by atomic mass is 32.1. The largest absolute Gasteiger partial charge is 0.310 e. The molecule has 11 rings (SSSR count). The van der Waals surface area contributed by atoms with Crippen LogP contribution < -0.4 is 4.90 Å². The van der Waals surface area contributed by atoms with E-state index < -0.39 is 0 Å². The first-order valence-electron chi connectivity index (χ1n) is 17.5. The van der Waals surface area contributed by atoms with Crippen molar-refractivity contribution < 1.29 is 0 Å². The molecule has 11 aromatic rings. The Balaban J connectivity index is 1.05. The fraction of sp³-hybridized carbons (Fsp3) is 0. The Hall–Kier alpha value is -5.78. The van der Waals surface area contributed by atoms with Crippen molar-refractivity contribution in [2.45, 2.75) is 0 Å². The molecule has 0 aliphatic rings. The Bertz CT molecular complexity index is 2970. The number of hydrogen-bond acceptors (Lipinski definition) is 4. The smallest absolute Gasteiger partial charge is 0.0468 e. The fourth-order valence-corrected chi connectivity index (χ4v) is 11.2. The van der Waals surface area contributed by atoms with Crippen LogP contribution in [0.1, 0.15) is 0 Å². The second kappa shape index (κ2) is 11.9. The number of fused-ring (bicyclic) bond motifs is 10. The van der Waals surface area contributed by atoms with Gasteiger partial charge in [0.1, 0.15) is 0 Å². The van der Waals surface area contributed by atoms with Gasteiger partial charge in [0.05, 0.1) is 0 Å². The van der Waals surface area contributed by atoms with E-state index in [2.05, 4.69) is 181 Å². The van der Waals surface area contributed by atoms with Crippen LogP contribution >= 0.6 is 34.0 Å². The number of nitrogens with zero attached hydrogens (tertiary/aromatic N) is 1. The maximum absolute atomic E-state index is 2.41. The van der Waals surface area contributed by atoms with Crippen LogP contribution in [0.5, 0.6) is 0 Å². The van der Waals surface area contributed by atoms with Crippen molar-refractivity contribution in [2.24, 2.45) is 0 Å². The zero-order chi connectivity index (χ0) is 34.2. The van der Waals surface area contributed by atoms with E-state index in [0.29, 0.717) is 0 Å². The van der Waals surface area contributed by atoms with Gasteiger partial charge in [0.15, 0.2) is 0 Å². The number of thiophene rings is 3. The molecule has 1 nitrogen and oxygen atoms in total. The fourth-order valence-electron chi connectivity index (χ4n) is 7.75. The van der Waals surface area contributed by atoms with E-state index >= 15 is 0 Å². The summed E-state index contributed by atoms with van der Waals surface area (Å²) in [6.07, 6.45) is 0. The molecule has 4 heteroatoms. The highest BCUT2D eigenvalue weighted by molar-refractivity contribution is 7.27. The normalized spacial score (nSPS) is 11.8. The van der Waals surface area contributed by atoms with Gasteiger partial charge in [0.2, 0.25) is 0 Å². The van der Waals surface area contributed by atoms with Crippen LogP contribution in [-0.2, 0) is 0 Å². The Morgan fingerprint density at radius 3 is 1.33 bits per heavy atom. The third-order valence-corrected chi connectivity index (χ3v) is 13.9. The zero-order valence-electron chi connectivity index (χ0n) is 27.9. The molecule has 0 fully saturated rings. The van der Waals surface area contributed by atoms with Crippen LogP contribution in [0.25, 0.3) is 82.8 Å². The molecule has 52 heavy (non-hydrogen) atoms. The molecule has 0 bridgehead atoms. The molecule has 244 valence electrons. The quantitative estimate of drug-likeness (QED) is 0.171. The summed E-state index contributed by atoms with van der Waals surface area (Å²) < 4.78 is 5.37. The highest BCUT2D eigenvalue weighted by Gasteiger charge is 2.17. The lowest BCUT2D eigenvalue weighted by molar-refractivity contribution is 1.30. The minimum absolute atomic E-state index is 1.13. The predicted molar refractivity (Wildman–Crippen MR) is 231 cm³/mol. The molecule has 0 saturated heterocycles. The van der Waals surface area contributed by atoms with E-state index in [1.165, 1.54) is 82.8 Å². The summed E-state index contributed by atoms with van der Waals surface area (Å²) in [5, 5.41) is 10.4. The summed E-state index contributed by atoms with van der Waals surface area (Å²) in [6.45, 7) is 0. The van der Waals surface area contributed by atoms with Crippen molar-refractivity contribution in [1.29, 1.82) is 0 Å². The van der Waals surface area contributed by atoms with Crippen LogP contribution in [0.15, 0.2) is 176 Å². The van der Waals surface area contributed by atoms with Crippen molar-refractivity contribution in [3.05, 3.63) is 176 Å².